The van der Waals surface area contributed by atoms with Gasteiger partial charge < -0.3 is 4.74 Å². The minimum absolute atomic E-state index is 0.270. The van der Waals surface area contributed by atoms with E-state index in [4.69, 9.17) is 4.74 Å². The normalized spacial score (nSPS) is 11.2. The second-order valence-corrected chi connectivity index (χ2v) is 8.62. The summed E-state index contributed by atoms with van der Waals surface area (Å²) in [6, 6.07) is 7.70. The van der Waals surface area contributed by atoms with E-state index in [0.717, 1.165) is 5.75 Å². The maximum atomic E-state index is 11.4. The fourth-order valence-electron chi connectivity index (χ4n) is 3.17. The van der Waals surface area contributed by atoms with E-state index in [-0.39, 0.29) is 5.97 Å². The Morgan fingerprint density at radius 1 is 0.821 bits per heavy atom. The fraction of sp³-hybridized carbons (Fsp3) is 0.640. The van der Waals surface area contributed by atoms with Gasteiger partial charge in [-0.25, -0.2) is 4.79 Å². The van der Waals surface area contributed by atoms with Crippen molar-refractivity contribution in [3.05, 3.63) is 42.0 Å². The molecule has 28 heavy (non-hydrogen) atoms. The molecule has 0 radical (unpaired) electrons. The Kier molecular flexibility index (Phi) is 15.8. The van der Waals surface area contributed by atoms with E-state index in [0.29, 0.717) is 5.56 Å². The number of rotatable bonds is 17. The molecule has 0 aliphatic rings. The van der Waals surface area contributed by atoms with E-state index in [1.54, 1.807) is 0 Å². The third kappa shape index (κ3) is 13.0. The number of esters is 1. The number of unbranched alkanes of at least 4 members (excludes halogenated alkanes) is 11. The van der Waals surface area contributed by atoms with Crippen molar-refractivity contribution < 1.29 is 9.53 Å². The molecule has 2 nitrogen and oxygen atoms in total. The van der Waals surface area contributed by atoms with Crippen LogP contribution in [0, 0.1) is 0 Å². The number of methoxy groups -OCH3 is 1. The molecule has 0 amide bonds. The summed E-state index contributed by atoms with van der Waals surface area (Å²) in [5, 5.41) is 0. The maximum absolute atomic E-state index is 11.4. The smallest absolute Gasteiger partial charge is 0.337 e. The number of benzene rings is 1. The van der Waals surface area contributed by atoms with Gasteiger partial charge in [0, 0.05) is 4.90 Å². The Morgan fingerprint density at radius 2 is 1.36 bits per heavy atom. The molecule has 0 aromatic heterocycles. The van der Waals surface area contributed by atoms with Gasteiger partial charge in [0.05, 0.1) is 12.7 Å². The van der Waals surface area contributed by atoms with E-state index in [2.05, 4.69) is 19.1 Å². The molecule has 0 saturated carbocycles. The van der Waals surface area contributed by atoms with Crippen LogP contribution in [-0.4, -0.2) is 18.8 Å². The van der Waals surface area contributed by atoms with Crippen LogP contribution in [0.2, 0.25) is 0 Å². The molecule has 0 unspecified atom stereocenters. The van der Waals surface area contributed by atoms with Crippen molar-refractivity contribution in [3.63, 3.8) is 0 Å². The van der Waals surface area contributed by atoms with Crippen LogP contribution in [0.4, 0.5) is 0 Å². The number of ether oxygens (including phenoxy) is 1. The predicted molar refractivity (Wildman–Crippen MR) is 123 cm³/mol. The van der Waals surface area contributed by atoms with Crippen LogP contribution in [0.3, 0.4) is 0 Å². The average molecular weight is 405 g/mol. The summed E-state index contributed by atoms with van der Waals surface area (Å²) in [7, 11) is 1.41. The zero-order valence-corrected chi connectivity index (χ0v) is 18.9. The predicted octanol–water partition coefficient (Wildman–Crippen LogP) is 8.21. The van der Waals surface area contributed by atoms with Gasteiger partial charge in [-0.05, 0) is 62.1 Å². The van der Waals surface area contributed by atoms with Gasteiger partial charge in [-0.2, -0.15) is 0 Å². The van der Waals surface area contributed by atoms with E-state index in [1.807, 2.05) is 36.0 Å². The standard InChI is InChI=1S/C25H40O2S/c1-3-4-5-6-7-8-9-10-11-12-13-14-15-16-17-22-28-24-20-18-23(19-21-24)25(26)27-2/h10-11,18-21H,3-9,12-17,22H2,1-2H3/b11-10-. The van der Waals surface area contributed by atoms with Gasteiger partial charge in [-0.3, -0.25) is 0 Å². The molecule has 1 aromatic rings. The molecular weight excluding hydrogens is 364 g/mol. The Balaban J connectivity index is 1.89. The van der Waals surface area contributed by atoms with Crippen molar-refractivity contribution in [1.82, 2.24) is 0 Å². The minimum atomic E-state index is -0.270. The van der Waals surface area contributed by atoms with Gasteiger partial charge in [0.2, 0.25) is 0 Å². The highest BCUT2D eigenvalue weighted by Crippen LogP contribution is 2.21. The zero-order chi connectivity index (χ0) is 20.3. The Hall–Kier alpha value is -1.22. The number of thioether (sulfide) groups is 1. The van der Waals surface area contributed by atoms with E-state index >= 15 is 0 Å². The lowest BCUT2D eigenvalue weighted by atomic mass is 10.1. The first kappa shape index (κ1) is 24.8. The zero-order valence-electron chi connectivity index (χ0n) is 18.1. The lowest BCUT2D eigenvalue weighted by molar-refractivity contribution is 0.0600. The Bertz CT molecular complexity index is 522. The Morgan fingerprint density at radius 3 is 1.93 bits per heavy atom. The van der Waals surface area contributed by atoms with Crippen LogP contribution in [0.1, 0.15) is 101 Å². The van der Waals surface area contributed by atoms with Gasteiger partial charge >= 0.3 is 5.97 Å². The van der Waals surface area contributed by atoms with Crippen LogP contribution < -0.4 is 0 Å². The quantitative estimate of drug-likeness (QED) is 0.113. The molecule has 0 spiro atoms. The van der Waals surface area contributed by atoms with Crippen LogP contribution >= 0.6 is 11.8 Å². The molecule has 0 saturated heterocycles. The molecule has 0 heterocycles. The first-order valence-electron chi connectivity index (χ1n) is 11.2. The molecule has 3 heteroatoms. The number of carbonyl (C=O) groups is 1. The van der Waals surface area contributed by atoms with Crippen molar-refractivity contribution in [2.75, 3.05) is 12.9 Å². The highest BCUT2D eigenvalue weighted by atomic mass is 32.2. The summed E-state index contributed by atoms with van der Waals surface area (Å²) in [4.78, 5) is 12.6. The monoisotopic (exact) mass is 404 g/mol. The second-order valence-electron chi connectivity index (χ2n) is 7.45. The SMILES string of the molecule is CCCCCCCC/C=C\CCCCCCCSc1ccc(C(=O)OC)cc1. The molecule has 0 atom stereocenters. The largest absolute Gasteiger partial charge is 0.465 e. The maximum Gasteiger partial charge on any atom is 0.337 e. The summed E-state index contributed by atoms with van der Waals surface area (Å²) in [5.41, 5.74) is 0.618. The van der Waals surface area contributed by atoms with Crippen molar-refractivity contribution in [2.45, 2.75) is 95.3 Å². The second kappa shape index (κ2) is 17.8. The topological polar surface area (TPSA) is 26.3 Å². The van der Waals surface area contributed by atoms with Crippen LogP contribution in [0.25, 0.3) is 0 Å². The first-order chi connectivity index (χ1) is 13.8. The van der Waals surface area contributed by atoms with Crippen molar-refractivity contribution in [1.29, 1.82) is 0 Å². The van der Waals surface area contributed by atoms with Gasteiger partial charge in [0.1, 0.15) is 0 Å². The van der Waals surface area contributed by atoms with Gasteiger partial charge in [-0.15, -0.1) is 11.8 Å². The first-order valence-corrected chi connectivity index (χ1v) is 12.2. The Labute approximate surface area is 177 Å². The number of hydrogen-bond donors (Lipinski definition) is 0. The molecule has 1 aromatic carbocycles. The summed E-state index contributed by atoms with van der Waals surface area (Å²) < 4.78 is 4.72. The fourth-order valence-corrected chi connectivity index (χ4v) is 4.08. The average Bonchev–Trinajstić information content (AvgIpc) is 2.73. The van der Waals surface area contributed by atoms with E-state index in [9.17, 15) is 4.79 Å². The highest BCUT2D eigenvalue weighted by molar-refractivity contribution is 7.99. The van der Waals surface area contributed by atoms with Crippen LogP contribution in [0.5, 0.6) is 0 Å². The number of allylic oxidation sites excluding steroid dienone is 2. The summed E-state index contributed by atoms with van der Waals surface area (Å²) in [6.07, 6.45) is 22.2. The van der Waals surface area contributed by atoms with Crippen LogP contribution in [0.15, 0.2) is 41.3 Å². The van der Waals surface area contributed by atoms with Gasteiger partial charge in [0.25, 0.3) is 0 Å². The molecule has 1 rings (SSSR count). The summed E-state index contributed by atoms with van der Waals surface area (Å²) >= 11 is 1.87. The van der Waals surface area contributed by atoms with E-state index in [1.165, 1.54) is 95.5 Å². The number of hydrogen-bond acceptors (Lipinski definition) is 3. The lowest BCUT2D eigenvalue weighted by Crippen LogP contribution is -2.00. The molecule has 0 bridgehead atoms. The van der Waals surface area contributed by atoms with Gasteiger partial charge in [-0.1, -0.05) is 70.4 Å². The minimum Gasteiger partial charge on any atom is -0.465 e. The van der Waals surface area contributed by atoms with Gasteiger partial charge in [0.15, 0.2) is 0 Å². The van der Waals surface area contributed by atoms with E-state index < -0.39 is 0 Å². The highest BCUT2D eigenvalue weighted by Gasteiger charge is 2.04. The third-order valence-electron chi connectivity index (χ3n) is 4.95. The van der Waals surface area contributed by atoms with Crippen molar-refractivity contribution in [3.8, 4) is 0 Å². The molecular formula is C25H40O2S. The molecule has 0 aliphatic heterocycles. The summed E-state index contributed by atoms with van der Waals surface area (Å²) in [5.74, 6) is 0.879. The molecule has 0 aliphatic carbocycles. The lowest BCUT2D eigenvalue weighted by Gasteiger charge is -2.04. The van der Waals surface area contributed by atoms with Crippen LogP contribution in [-0.2, 0) is 4.74 Å². The van der Waals surface area contributed by atoms with Crippen molar-refractivity contribution >= 4 is 17.7 Å². The molecule has 0 fully saturated rings. The number of carbonyl (C=O) groups excluding carboxylic acids is 1. The summed E-state index contributed by atoms with van der Waals surface area (Å²) in [6.45, 7) is 2.27. The molecule has 0 N–H and O–H groups in total. The third-order valence-corrected chi connectivity index (χ3v) is 6.05. The van der Waals surface area contributed by atoms with Crippen molar-refractivity contribution in [2.24, 2.45) is 0 Å². The molecule has 158 valence electrons.